The molecule has 0 aliphatic rings. The van der Waals surface area contributed by atoms with Gasteiger partial charge in [0.1, 0.15) is 5.75 Å². The molecule has 3 aromatic rings. The van der Waals surface area contributed by atoms with Crippen molar-refractivity contribution in [2.75, 3.05) is 7.11 Å². The van der Waals surface area contributed by atoms with Gasteiger partial charge in [0.25, 0.3) is 0 Å². The number of H-pyrrole nitrogens is 1. The highest BCUT2D eigenvalue weighted by Crippen LogP contribution is 2.37. The maximum absolute atomic E-state index is 6.26. The first-order valence-corrected chi connectivity index (χ1v) is 7.24. The molecule has 3 rings (SSSR count). The molecule has 0 spiro atoms. The molecule has 22 heavy (non-hydrogen) atoms. The SMILES string of the molecule is COc1c(Cl)cccc1C(Cc1cccnn1)c1cnc[nH]1. The smallest absolute Gasteiger partial charge is 0.141 e. The molecule has 112 valence electrons. The molecule has 1 N–H and O–H groups in total. The molecule has 2 heterocycles. The van der Waals surface area contributed by atoms with Gasteiger partial charge in [-0.2, -0.15) is 10.2 Å². The van der Waals surface area contributed by atoms with E-state index in [2.05, 4.69) is 20.2 Å². The molecule has 0 aliphatic carbocycles. The molecule has 6 heteroatoms. The lowest BCUT2D eigenvalue weighted by Gasteiger charge is -2.19. The predicted octanol–water partition coefficient (Wildman–Crippen LogP) is 3.24. The Kier molecular flexibility index (Phi) is 4.34. The minimum Gasteiger partial charge on any atom is -0.495 e. The largest absolute Gasteiger partial charge is 0.495 e. The first kappa shape index (κ1) is 14.5. The number of para-hydroxylation sites is 1. The molecular weight excluding hydrogens is 300 g/mol. The molecule has 1 unspecified atom stereocenters. The molecule has 0 saturated heterocycles. The second-order valence-corrected chi connectivity index (χ2v) is 5.25. The van der Waals surface area contributed by atoms with Gasteiger partial charge in [0.15, 0.2) is 0 Å². The Hall–Kier alpha value is -2.40. The van der Waals surface area contributed by atoms with Crippen molar-refractivity contribution in [3.63, 3.8) is 0 Å². The van der Waals surface area contributed by atoms with E-state index >= 15 is 0 Å². The summed E-state index contributed by atoms with van der Waals surface area (Å²) in [5.41, 5.74) is 2.86. The summed E-state index contributed by atoms with van der Waals surface area (Å²) in [6, 6.07) is 9.57. The highest BCUT2D eigenvalue weighted by molar-refractivity contribution is 6.32. The van der Waals surface area contributed by atoms with Crippen molar-refractivity contribution in [2.24, 2.45) is 0 Å². The summed E-state index contributed by atoms with van der Waals surface area (Å²) in [6.45, 7) is 0. The van der Waals surface area contributed by atoms with Crippen LogP contribution in [0.25, 0.3) is 0 Å². The van der Waals surface area contributed by atoms with Gasteiger partial charge in [0, 0.05) is 36.0 Å². The summed E-state index contributed by atoms with van der Waals surface area (Å²) >= 11 is 6.26. The molecule has 2 aromatic heterocycles. The van der Waals surface area contributed by atoms with Crippen LogP contribution in [0.2, 0.25) is 5.02 Å². The van der Waals surface area contributed by atoms with E-state index in [9.17, 15) is 0 Å². The average molecular weight is 315 g/mol. The van der Waals surface area contributed by atoms with Crippen LogP contribution in [0.5, 0.6) is 5.75 Å². The lowest BCUT2D eigenvalue weighted by Crippen LogP contribution is -2.09. The third kappa shape index (κ3) is 2.94. The van der Waals surface area contributed by atoms with E-state index in [1.165, 1.54) is 0 Å². The van der Waals surface area contributed by atoms with E-state index in [1.54, 1.807) is 25.8 Å². The van der Waals surface area contributed by atoms with Gasteiger partial charge >= 0.3 is 0 Å². The Bertz CT molecular complexity index is 731. The average Bonchev–Trinajstić information content (AvgIpc) is 3.07. The maximum atomic E-state index is 6.26. The minimum absolute atomic E-state index is 0.00727. The first-order valence-electron chi connectivity index (χ1n) is 6.87. The van der Waals surface area contributed by atoms with Crippen LogP contribution in [0.1, 0.15) is 22.9 Å². The first-order chi connectivity index (χ1) is 10.8. The molecule has 0 saturated carbocycles. The van der Waals surface area contributed by atoms with Crippen molar-refractivity contribution >= 4 is 11.6 Å². The Labute approximate surface area is 133 Å². The van der Waals surface area contributed by atoms with Gasteiger partial charge in [-0.3, -0.25) is 0 Å². The maximum Gasteiger partial charge on any atom is 0.141 e. The zero-order chi connectivity index (χ0) is 15.4. The second-order valence-electron chi connectivity index (χ2n) is 4.84. The van der Waals surface area contributed by atoms with Crippen LogP contribution in [0.15, 0.2) is 49.1 Å². The van der Waals surface area contributed by atoms with E-state index in [0.29, 0.717) is 17.2 Å². The number of aromatic amines is 1. The van der Waals surface area contributed by atoms with E-state index < -0.39 is 0 Å². The van der Waals surface area contributed by atoms with Crippen LogP contribution in [-0.4, -0.2) is 27.3 Å². The monoisotopic (exact) mass is 314 g/mol. The number of imidazole rings is 1. The zero-order valence-corrected chi connectivity index (χ0v) is 12.8. The van der Waals surface area contributed by atoms with Crippen LogP contribution < -0.4 is 4.74 Å². The minimum atomic E-state index is 0.00727. The summed E-state index contributed by atoms with van der Waals surface area (Å²) in [6.07, 6.45) is 5.80. The molecule has 0 amide bonds. The van der Waals surface area contributed by atoms with Crippen LogP contribution in [0.4, 0.5) is 0 Å². The number of halogens is 1. The van der Waals surface area contributed by atoms with E-state index in [1.807, 2.05) is 30.3 Å². The number of hydrogen-bond acceptors (Lipinski definition) is 4. The topological polar surface area (TPSA) is 63.7 Å². The van der Waals surface area contributed by atoms with Crippen molar-refractivity contribution in [2.45, 2.75) is 12.3 Å². The summed E-state index contributed by atoms with van der Waals surface area (Å²) in [5, 5.41) is 8.70. The van der Waals surface area contributed by atoms with Crippen LogP contribution in [0, 0.1) is 0 Å². The molecule has 0 fully saturated rings. The number of nitrogens with zero attached hydrogens (tertiary/aromatic N) is 3. The Morgan fingerprint density at radius 1 is 1.27 bits per heavy atom. The number of ether oxygens (including phenoxy) is 1. The molecule has 1 atom stereocenters. The standard InChI is InChI=1S/C16H15ClN4O/c1-22-16-12(5-2-6-14(16)17)13(15-9-18-10-19-15)8-11-4-3-7-20-21-11/h2-7,9-10,13H,8H2,1H3,(H,18,19). The van der Waals surface area contributed by atoms with Crippen LogP contribution in [0.3, 0.4) is 0 Å². The van der Waals surface area contributed by atoms with Crippen LogP contribution >= 0.6 is 11.6 Å². The zero-order valence-electron chi connectivity index (χ0n) is 12.0. The lowest BCUT2D eigenvalue weighted by atomic mass is 9.90. The molecule has 0 radical (unpaired) electrons. The quantitative estimate of drug-likeness (QED) is 0.785. The summed E-state index contributed by atoms with van der Waals surface area (Å²) in [5.74, 6) is 0.681. The second kappa shape index (κ2) is 6.58. The lowest BCUT2D eigenvalue weighted by molar-refractivity contribution is 0.407. The van der Waals surface area contributed by atoms with Crippen molar-refractivity contribution < 1.29 is 4.74 Å². The van der Waals surface area contributed by atoms with Crippen molar-refractivity contribution in [3.05, 3.63) is 71.0 Å². The van der Waals surface area contributed by atoms with Crippen molar-refractivity contribution in [3.8, 4) is 5.75 Å². The Morgan fingerprint density at radius 3 is 2.86 bits per heavy atom. The van der Waals surface area contributed by atoms with Gasteiger partial charge in [-0.15, -0.1) is 0 Å². The normalized spacial score (nSPS) is 12.1. The van der Waals surface area contributed by atoms with Gasteiger partial charge in [-0.1, -0.05) is 23.7 Å². The van der Waals surface area contributed by atoms with Crippen molar-refractivity contribution in [1.82, 2.24) is 20.2 Å². The Balaban J connectivity index is 2.05. The van der Waals surface area contributed by atoms with E-state index in [4.69, 9.17) is 16.3 Å². The summed E-state index contributed by atoms with van der Waals surface area (Å²) in [4.78, 5) is 7.29. The molecule has 5 nitrogen and oxygen atoms in total. The fraction of sp³-hybridized carbons (Fsp3) is 0.188. The van der Waals surface area contributed by atoms with E-state index in [-0.39, 0.29) is 5.92 Å². The number of nitrogens with one attached hydrogen (secondary N) is 1. The number of benzene rings is 1. The van der Waals surface area contributed by atoms with E-state index in [0.717, 1.165) is 17.0 Å². The number of hydrogen-bond donors (Lipinski definition) is 1. The third-order valence-electron chi connectivity index (χ3n) is 3.51. The molecule has 1 aromatic carbocycles. The van der Waals surface area contributed by atoms with Gasteiger partial charge in [0.05, 0.1) is 24.2 Å². The fourth-order valence-corrected chi connectivity index (χ4v) is 2.77. The van der Waals surface area contributed by atoms with Crippen molar-refractivity contribution in [1.29, 1.82) is 0 Å². The van der Waals surface area contributed by atoms with Gasteiger partial charge < -0.3 is 9.72 Å². The highest BCUT2D eigenvalue weighted by atomic mass is 35.5. The molecule has 0 bridgehead atoms. The van der Waals surface area contributed by atoms with Gasteiger partial charge in [-0.25, -0.2) is 4.98 Å². The summed E-state index contributed by atoms with van der Waals surface area (Å²) in [7, 11) is 1.62. The summed E-state index contributed by atoms with van der Waals surface area (Å²) < 4.78 is 5.49. The van der Waals surface area contributed by atoms with Gasteiger partial charge in [-0.05, 0) is 18.2 Å². The fourth-order valence-electron chi connectivity index (χ4n) is 2.51. The molecule has 0 aliphatic heterocycles. The Morgan fingerprint density at radius 2 is 2.18 bits per heavy atom. The third-order valence-corrected chi connectivity index (χ3v) is 3.81. The number of methoxy groups -OCH3 is 1. The highest BCUT2D eigenvalue weighted by Gasteiger charge is 2.22. The molecular formula is C16H15ClN4O. The van der Waals surface area contributed by atoms with Gasteiger partial charge in [0.2, 0.25) is 0 Å². The predicted molar refractivity (Wildman–Crippen MR) is 84.2 cm³/mol. The number of aromatic nitrogens is 4. The number of rotatable bonds is 5. The van der Waals surface area contributed by atoms with Crippen LogP contribution in [-0.2, 0) is 6.42 Å².